The molecule has 1 heterocycles. The Hall–Kier alpha value is -2.70. The minimum absolute atomic E-state index is 0.0670. The molecule has 0 radical (unpaired) electrons. The Bertz CT molecular complexity index is 839. The topological polar surface area (TPSA) is 92.8 Å². The molecule has 4 rings (SSSR count). The van der Waals surface area contributed by atoms with Crippen LogP contribution < -0.4 is 5.32 Å². The first-order chi connectivity index (χ1) is 13.5. The fourth-order valence-electron chi connectivity index (χ4n) is 3.89. The van der Waals surface area contributed by atoms with Crippen molar-refractivity contribution in [3.63, 3.8) is 0 Å². The van der Waals surface area contributed by atoms with Crippen molar-refractivity contribution in [1.29, 1.82) is 0 Å². The molecule has 0 aromatic heterocycles. The van der Waals surface area contributed by atoms with Crippen LogP contribution in [0, 0.1) is 0 Å². The van der Waals surface area contributed by atoms with Crippen LogP contribution in [-0.2, 0) is 9.53 Å². The van der Waals surface area contributed by atoms with Gasteiger partial charge < -0.3 is 10.1 Å². The van der Waals surface area contributed by atoms with Crippen LogP contribution in [0.5, 0.6) is 0 Å². The van der Waals surface area contributed by atoms with Gasteiger partial charge in [-0.05, 0) is 50.8 Å². The zero-order chi connectivity index (χ0) is 19.8. The van der Waals surface area contributed by atoms with Crippen molar-refractivity contribution < 1.29 is 23.9 Å². The summed E-state index contributed by atoms with van der Waals surface area (Å²) in [6.07, 6.45) is 5.78. The Morgan fingerprint density at radius 2 is 1.71 bits per heavy atom. The molecular weight excluding hydrogens is 360 g/mol. The molecule has 3 aliphatic rings. The number of carbonyl (C=O) groups excluding carboxylic acids is 4. The van der Waals surface area contributed by atoms with Crippen molar-refractivity contribution in [2.45, 2.75) is 70.1 Å². The molecule has 28 heavy (non-hydrogen) atoms. The van der Waals surface area contributed by atoms with E-state index in [0.717, 1.165) is 44.9 Å². The van der Waals surface area contributed by atoms with Crippen LogP contribution in [0.3, 0.4) is 0 Å². The molecule has 1 atom stereocenters. The number of imide groups is 1. The third-order valence-electron chi connectivity index (χ3n) is 5.67. The van der Waals surface area contributed by atoms with Gasteiger partial charge in [0, 0.05) is 12.1 Å². The number of carbonyl (C=O) groups is 4. The van der Waals surface area contributed by atoms with Gasteiger partial charge in [-0.1, -0.05) is 19.3 Å². The lowest BCUT2D eigenvalue weighted by Crippen LogP contribution is -2.40. The van der Waals surface area contributed by atoms with Crippen molar-refractivity contribution in [2.24, 2.45) is 0 Å². The summed E-state index contributed by atoms with van der Waals surface area (Å²) in [6.45, 7) is 1.52. The van der Waals surface area contributed by atoms with Crippen molar-refractivity contribution in [3.8, 4) is 0 Å². The fraction of sp³-hybridized carbons (Fsp3) is 0.524. The third-order valence-corrected chi connectivity index (χ3v) is 5.67. The second kappa shape index (κ2) is 7.37. The molecule has 7 nitrogen and oxygen atoms in total. The maximum Gasteiger partial charge on any atom is 0.338 e. The lowest BCUT2D eigenvalue weighted by Gasteiger charge is -2.29. The highest BCUT2D eigenvalue weighted by atomic mass is 16.5. The first-order valence-corrected chi connectivity index (χ1v) is 9.99. The molecule has 7 heteroatoms. The molecule has 1 aliphatic heterocycles. The zero-order valence-corrected chi connectivity index (χ0v) is 15.9. The average molecular weight is 384 g/mol. The van der Waals surface area contributed by atoms with E-state index in [1.54, 1.807) is 0 Å². The van der Waals surface area contributed by atoms with Crippen LogP contribution >= 0.6 is 0 Å². The number of hydrogen-bond acceptors (Lipinski definition) is 5. The summed E-state index contributed by atoms with van der Waals surface area (Å²) < 4.78 is 5.23. The number of fused-ring (bicyclic) bond motifs is 1. The van der Waals surface area contributed by atoms with E-state index in [4.69, 9.17) is 4.74 Å². The van der Waals surface area contributed by atoms with E-state index in [1.165, 1.54) is 30.0 Å². The van der Waals surface area contributed by atoms with E-state index < -0.39 is 12.1 Å². The summed E-state index contributed by atoms with van der Waals surface area (Å²) in [5, 5.41) is 2.79. The van der Waals surface area contributed by atoms with Gasteiger partial charge in [-0.3, -0.25) is 19.3 Å². The Balaban J connectivity index is 1.47. The largest absolute Gasteiger partial charge is 0.449 e. The van der Waals surface area contributed by atoms with Crippen LogP contribution in [0.4, 0.5) is 0 Å². The highest BCUT2D eigenvalue weighted by molar-refractivity contribution is 6.22. The van der Waals surface area contributed by atoms with Gasteiger partial charge in [-0.2, -0.15) is 0 Å². The van der Waals surface area contributed by atoms with Gasteiger partial charge in [0.2, 0.25) is 0 Å². The molecule has 0 bridgehead atoms. The third kappa shape index (κ3) is 3.53. The van der Waals surface area contributed by atoms with Crippen molar-refractivity contribution in [2.75, 3.05) is 0 Å². The van der Waals surface area contributed by atoms with Crippen LogP contribution in [-0.4, -0.2) is 46.8 Å². The predicted octanol–water partition coefficient (Wildman–Crippen LogP) is 2.44. The normalized spacial score (nSPS) is 20.7. The molecular formula is C21H24N2O5. The van der Waals surface area contributed by atoms with Gasteiger partial charge in [-0.15, -0.1) is 0 Å². The monoisotopic (exact) mass is 384 g/mol. The standard InChI is InChI=1S/C21H24N2O5/c1-12(18(24)22-14-8-9-14)28-21(27)13-7-10-16-17(11-13)20(26)23(19(16)25)15-5-3-2-4-6-15/h7,10-12,14-15H,2-6,8-9H2,1H3,(H,22,24). The Kier molecular flexibility index (Phi) is 4.91. The van der Waals surface area contributed by atoms with Crippen molar-refractivity contribution >= 4 is 23.7 Å². The van der Waals surface area contributed by atoms with Crippen LogP contribution in [0.1, 0.15) is 82.9 Å². The molecule has 148 valence electrons. The molecule has 0 saturated heterocycles. The van der Waals surface area contributed by atoms with Crippen LogP contribution in [0.25, 0.3) is 0 Å². The van der Waals surface area contributed by atoms with E-state index in [1.807, 2.05) is 0 Å². The number of amides is 3. The second-order valence-electron chi connectivity index (χ2n) is 7.86. The Labute approximate surface area is 163 Å². The molecule has 2 saturated carbocycles. The van der Waals surface area contributed by atoms with Crippen molar-refractivity contribution in [3.05, 3.63) is 34.9 Å². The minimum Gasteiger partial charge on any atom is -0.449 e. The smallest absolute Gasteiger partial charge is 0.338 e. The van der Waals surface area contributed by atoms with Crippen LogP contribution in [0.2, 0.25) is 0 Å². The SMILES string of the molecule is CC(OC(=O)c1ccc2c(c1)C(=O)N(C1CCCCC1)C2=O)C(=O)NC1CC1. The lowest BCUT2D eigenvalue weighted by molar-refractivity contribution is -0.129. The van der Waals surface area contributed by atoms with E-state index >= 15 is 0 Å². The van der Waals surface area contributed by atoms with E-state index in [9.17, 15) is 19.2 Å². The highest BCUT2D eigenvalue weighted by Gasteiger charge is 2.40. The number of nitrogens with one attached hydrogen (secondary N) is 1. The molecule has 1 aromatic rings. The summed E-state index contributed by atoms with van der Waals surface area (Å²) >= 11 is 0. The second-order valence-corrected chi connectivity index (χ2v) is 7.86. The quantitative estimate of drug-likeness (QED) is 0.622. The van der Waals surface area contributed by atoms with Gasteiger partial charge in [0.05, 0.1) is 16.7 Å². The first kappa shape index (κ1) is 18.7. The molecule has 1 aromatic carbocycles. The lowest BCUT2D eigenvalue weighted by atomic mass is 9.94. The fourth-order valence-corrected chi connectivity index (χ4v) is 3.89. The Morgan fingerprint density at radius 3 is 2.39 bits per heavy atom. The minimum atomic E-state index is -0.919. The Morgan fingerprint density at radius 1 is 1.04 bits per heavy atom. The molecule has 1 unspecified atom stereocenters. The maximum absolute atomic E-state index is 12.8. The molecule has 0 spiro atoms. The van der Waals surface area contributed by atoms with E-state index in [2.05, 4.69) is 5.32 Å². The first-order valence-electron chi connectivity index (χ1n) is 9.99. The van der Waals surface area contributed by atoms with Crippen molar-refractivity contribution in [1.82, 2.24) is 10.2 Å². The van der Waals surface area contributed by atoms with Gasteiger partial charge in [-0.25, -0.2) is 4.79 Å². The zero-order valence-electron chi connectivity index (χ0n) is 15.9. The van der Waals surface area contributed by atoms with Gasteiger partial charge in [0.1, 0.15) is 0 Å². The number of rotatable bonds is 5. The average Bonchev–Trinajstić information content (AvgIpc) is 3.48. The number of ether oxygens (including phenoxy) is 1. The molecule has 2 aliphatic carbocycles. The summed E-state index contributed by atoms with van der Waals surface area (Å²) in [6, 6.07) is 4.50. The number of benzene rings is 1. The highest BCUT2D eigenvalue weighted by Crippen LogP contribution is 2.31. The van der Waals surface area contributed by atoms with E-state index in [-0.39, 0.29) is 40.9 Å². The van der Waals surface area contributed by atoms with Gasteiger partial charge in [0.15, 0.2) is 6.10 Å². The maximum atomic E-state index is 12.8. The summed E-state index contributed by atoms with van der Waals surface area (Å²) in [5.41, 5.74) is 0.725. The van der Waals surface area contributed by atoms with Crippen LogP contribution in [0.15, 0.2) is 18.2 Å². The number of nitrogens with zero attached hydrogens (tertiary/aromatic N) is 1. The molecule has 3 amide bonds. The van der Waals surface area contributed by atoms with Gasteiger partial charge in [0.25, 0.3) is 17.7 Å². The summed E-state index contributed by atoms with van der Waals surface area (Å²) in [7, 11) is 0. The molecule has 1 N–H and O–H groups in total. The summed E-state index contributed by atoms with van der Waals surface area (Å²) in [5.74, 6) is -1.64. The van der Waals surface area contributed by atoms with Gasteiger partial charge >= 0.3 is 5.97 Å². The van der Waals surface area contributed by atoms with E-state index in [0.29, 0.717) is 5.56 Å². The number of hydrogen-bond donors (Lipinski definition) is 1. The number of esters is 1. The summed E-state index contributed by atoms with van der Waals surface area (Å²) in [4.78, 5) is 51.3. The molecule has 2 fully saturated rings. The predicted molar refractivity (Wildman–Crippen MR) is 99.9 cm³/mol.